The second kappa shape index (κ2) is 5.41. The van der Waals surface area contributed by atoms with E-state index in [0.29, 0.717) is 6.54 Å². The maximum atomic E-state index is 12.0. The standard InChI is InChI=1S/C16H18N2O/c19-16(12-18-9-3-4-10-18)17-15-8-7-13-5-1-2-6-14(13)11-15/h1-2,5-8,11H,3-4,9-10,12H2,(H,17,19)/p+1. The number of likely N-dealkylation sites (tertiary alicyclic amines) is 1. The van der Waals surface area contributed by atoms with Gasteiger partial charge in [0.05, 0.1) is 13.1 Å². The lowest BCUT2D eigenvalue weighted by molar-refractivity contribution is -0.878. The fourth-order valence-electron chi connectivity index (χ4n) is 2.75. The fourth-order valence-corrected chi connectivity index (χ4v) is 2.75. The van der Waals surface area contributed by atoms with Crippen molar-refractivity contribution in [1.82, 2.24) is 0 Å². The molecule has 1 heterocycles. The first kappa shape index (κ1) is 12.2. The van der Waals surface area contributed by atoms with E-state index in [1.807, 2.05) is 30.3 Å². The number of hydrogen-bond acceptors (Lipinski definition) is 1. The number of anilines is 1. The zero-order chi connectivity index (χ0) is 13.1. The van der Waals surface area contributed by atoms with E-state index in [4.69, 9.17) is 0 Å². The Morgan fingerprint density at radius 3 is 2.58 bits per heavy atom. The molecule has 3 nitrogen and oxygen atoms in total. The lowest BCUT2D eigenvalue weighted by atomic mass is 10.1. The van der Waals surface area contributed by atoms with Crippen LogP contribution in [0.4, 0.5) is 5.69 Å². The Kier molecular flexibility index (Phi) is 3.47. The van der Waals surface area contributed by atoms with Crippen molar-refractivity contribution < 1.29 is 9.69 Å². The molecule has 2 aromatic rings. The Bertz CT molecular complexity index is 588. The van der Waals surface area contributed by atoms with E-state index < -0.39 is 0 Å². The molecule has 0 aromatic heterocycles. The summed E-state index contributed by atoms with van der Waals surface area (Å²) in [6.07, 6.45) is 2.50. The largest absolute Gasteiger partial charge is 0.327 e. The molecular formula is C16H19N2O+. The minimum absolute atomic E-state index is 0.118. The summed E-state index contributed by atoms with van der Waals surface area (Å²) in [5.41, 5.74) is 0.891. The van der Waals surface area contributed by atoms with E-state index in [9.17, 15) is 4.79 Å². The first-order valence-corrected chi connectivity index (χ1v) is 6.93. The number of rotatable bonds is 3. The smallest absolute Gasteiger partial charge is 0.279 e. The van der Waals surface area contributed by atoms with Crippen molar-refractivity contribution in [2.75, 3.05) is 25.0 Å². The second-order valence-corrected chi connectivity index (χ2v) is 5.24. The molecule has 1 fully saturated rings. The van der Waals surface area contributed by atoms with E-state index in [1.165, 1.54) is 23.1 Å². The van der Waals surface area contributed by atoms with E-state index in [0.717, 1.165) is 24.2 Å². The number of fused-ring (bicyclic) bond motifs is 1. The lowest BCUT2D eigenvalue weighted by Gasteiger charge is -2.12. The molecule has 1 aliphatic rings. The summed E-state index contributed by atoms with van der Waals surface area (Å²) in [5, 5.41) is 5.36. The Morgan fingerprint density at radius 1 is 1.05 bits per heavy atom. The third kappa shape index (κ3) is 2.93. The van der Waals surface area contributed by atoms with Gasteiger partial charge in [0.1, 0.15) is 0 Å². The summed E-state index contributed by atoms with van der Waals surface area (Å²) in [4.78, 5) is 13.4. The van der Waals surface area contributed by atoms with Crippen molar-refractivity contribution in [3.8, 4) is 0 Å². The average Bonchev–Trinajstić information content (AvgIpc) is 2.91. The monoisotopic (exact) mass is 255 g/mol. The molecule has 0 bridgehead atoms. The van der Waals surface area contributed by atoms with Crippen molar-refractivity contribution in [2.24, 2.45) is 0 Å². The third-order valence-corrected chi connectivity index (χ3v) is 3.75. The van der Waals surface area contributed by atoms with Crippen LogP contribution in [0.5, 0.6) is 0 Å². The van der Waals surface area contributed by atoms with E-state index in [2.05, 4.69) is 17.4 Å². The van der Waals surface area contributed by atoms with Crippen LogP contribution in [-0.4, -0.2) is 25.5 Å². The van der Waals surface area contributed by atoms with Gasteiger partial charge in [0.25, 0.3) is 5.91 Å². The minimum Gasteiger partial charge on any atom is -0.327 e. The van der Waals surface area contributed by atoms with Crippen LogP contribution in [0.2, 0.25) is 0 Å². The Morgan fingerprint density at radius 2 is 1.79 bits per heavy atom. The zero-order valence-corrected chi connectivity index (χ0v) is 11.0. The highest BCUT2D eigenvalue weighted by Crippen LogP contribution is 2.18. The highest BCUT2D eigenvalue weighted by atomic mass is 16.2. The molecule has 19 heavy (non-hydrogen) atoms. The number of quaternary nitrogens is 1. The van der Waals surface area contributed by atoms with Gasteiger partial charge in [0.2, 0.25) is 0 Å². The Balaban J connectivity index is 1.68. The first-order valence-electron chi connectivity index (χ1n) is 6.93. The summed E-state index contributed by atoms with van der Waals surface area (Å²) < 4.78 is 0. The van der Waals surface area contributed by atoms with Gasteiger partial charge < -0.3 is 10.2 Å². The van der Waals surface area contributed by atoms with Crippen LogP contribution in [0.1, 0.15) is 12.8 Å². The van der Waals surface area contributed by atoms with Crippen LogP contribution < -0.4 is 10.2 Å². The number of carbonyl (C=O) groups excluding carboxylic acids is 1. The van der Waals surface area contributed by atoms with Crippen LogP contribution in [-0.2, 0) is 4.79 Å². The van der Waals surface area contributed by atoms with Gasteiger partial charge in [-0.2, -0.15) is 0 Å². The van der Waals surface area contributed by atoms with Crippen molar-refractivity contribution in [3.63, 3.8) is 0 Å². The van der Waals surface area contributed by atoms with Crippen LogP contribution in [0.25, 0.3) is 10.8 Å². The van der Waals surface area contributed by atoms with Crippen LogP contribution in [0, 0.1) is 0 Å². The molecular weight excluding hydrogens is 236 g/mol. The van der Waals surface area contributed by atoms with Gasteiger partial charge in [-0.05, 0) is 22.9 Å². The van der Waals surface area contributed by atoms with Crippen molar-refractivity contribution in [2.45, 2.75) is 12.8 Å². The van der Waals surface area contributed by atoms with E-state index in [-0.39, 0.29) is 5.91 Å². The van der Waals surface area contributed by atoms with Gasteiger partial charge in [-0.1, -0.05) is 30.3 Å². The molecule has 2 aromatic carbocycles. The topological polar surface area (TPSA) is 33.5 Å². The maximum absolute atomic E-state index is 12.0. The van der Waals surface area contributed by atoms with E-state index >= 15 is 0 Å². The number of benzene rings is 2. The van der Waals surface area contributed by atoms with Crippen molar-refractivity contribution >= 4 is 22.4 Å². The Labute approximate surface area is 113 Å². The average molecular weight is 255 g/mol. The van der Waals surface area contributed by atoms with Gasteiger partial charge >= 0.3 is 0 Å². The van der Waals surface area contributed by atoms with E-state index in [1.54, 1.807) is 0 Å². The second-order valence-electron chi connectivity index (χ2n) is 5.24. The molecule has 1 amide bonds. The van der Waals surface area contributed by atoms with Crippen molar-refractivity contribution in [1.29, 1.82) is 0 Å². The van der Waals surface area contributed by atoms with Crippen LogP contribution >= 0.6 is 0 Å². The maximum Gasteiger partial charge on any atom is 0.279 e. The summed E-state index contributed by atoms with van der Waals surface area (Å²) in [6, 6.07) is 14.2. The molecule has 2 N–H and O–H groups in total. The predicted octanol–water partition coefficient (Wildman–Crippen LogP) is 1.46. The van der Waals surface area contributed by atoms with Gasteiger partial charge in [-0.3, -0.25) is 4.79 Å². The molecule has 0 saturated carbocycles. The van der Waals surface area contributed by atoms with Gasteiger partial charge in [0.15, 0.2) is 6.54 Å². The number of amides is 1. The predicted molar refractivity (Wildman–Crippen MR) is 77.4 cm³/mol. The van der Waals surface area contributed by atoms with Gasteiger partial charge in [0, 0.05) is 18.5 Å². The van der Waals surface area contributed by atoms with Crippen molar-refractivity contribution in [3.05, 3.63) is 42.5 Å². The Hall–Kier alpha value is -1.87. The number of carbonyl (C=O) groups is 1. The lowest BCUT2D eigenvalue weighted by Crippen LogP contribution is -3.11. The molecule has 3 heteroatoms. The minimum atomic E-state index is 0.118. The highest BCUT2D eigenvalue weighted by molar-refractivity contribution is 5.94. The molecule has 3 rings (SSSR count). The zero-order valence-electron chi connectivity index (χ0n) is 11.0. The molecule has 98 valence electrons. The third-order valence-electron chi connectivity index (χ3n) is 3.75. The number of nitrogens with one attached hydrogen (secondary N) is 2. The molecule has 0 atom stereocenters. The summed E-state index contributed by atoms with van der Waals surface area (Å²) >= 11 is 0. The molecule has 0 radical (unpaired) electrons. The first-order chi connectivity index (χ1) is 9.31. The SMILES string of the molecule is O=C(C[NH+]1CCCC1)Nc1ccc2ccccc2c1. The molecule has 0 unspecified atom stereocenters. The fraction of sp³-hybridized carbons (Fsp3) is 0.312. The van der Waals surface area contributed by atoms with Crippen LogP contribution in [0.15, 0.2) is 42.5 Å². The molecule has 1 aliphatic heterocycles. The molecule has 0 spiro atoms. The summed E-state index contributed by atoms with van der Waals surface area (Å²) in [6.45, 7) is 2.85. The van der Waals surface area contributed by atoms with Gasteiger partial charge in [-0.25, -0.2) is 0 Å². The summed E-state index contributed by atoms with van der Waals surface area (Å²) in [7, 11) is 0. The van der Waals surface area contributed by atoms with Gasteiger partial charge in [-0.15, -0.1) is 0 Å². The normalized spacial score (nSPS) is 15.8. The number of hydrogen-bond donors (Lipinski definition) is 2. The highest BCUT2D eigenvalue weighted by Gasteiger charge is 2.18. The molecule has 0 aliphatic carbocycles. The van der Waals surface area contributed by atoms with Crippen LogP contribution in [0.3, 0.4) is 0 Å². The quantitative estimate of drug-likeness (QED) is 0.855. The summed E-state index contributed by atoms with van der Waals surface area (Å²) in [5.74, 6) is 0.118. The molecule has 1 saturated heterocycles.